The summed E-state index contributed by atoms with van der Waals surface area (Å²) in [5, 5.41) is 7.74. The van der Waals surface area contributed by atoms with Gasteiger partial charge in [0.1, 0.15) is 6.17 Å². The second-order valence-electron chi connectivity index (χ2n) is 6.41. The molecule has 0 bridgehead atoms. The molecule has 1 saturated heterocycles. The average molecular weight is 309 g/mol. The van der Waals surface area contributed by atoms with Crippen LogP contribution in [0.25, 0.3) is 0 Å². The molecule has 1 aromatic rings. The fourth-order valence-electron chi connectivity index (χ4n) is 2.98. The molecule has 1 aromatic heterocycles. The van der Waals surface area contributed by atoms with Crippen molar-refractivity contribution < 1.29 is 4.79 Å². The monoisotopic (exact) mass is 309 g/mol. The van der Waals surface area contributed by atoms with Gasteiger partial charge in [-0.25, -0.2) is 0 Å². The van der Waals surface area contributed by atoms with Crippen molar-refractivity contribution in [3.63, 3.8) is 0 Å². The molecule has 2 rings (SSSR count). The number of likely N-dealkylation sites (N-methyl/N-ethyl adjacent to an activating group) is 1. The predicted octanol–water partition coefficient (Wildman–Crippen LogP) is 2.54. The van der Waals surface area contributed by atoms with Gasteiger partial charge in [-0.2, -0.15) is 11.3 Å². The minimum absolute atomic E-state index is 0.0149. The molecule has 4 nitrogen and oxygen atoms in total. The molecule has 21 heavy (non-hydrogen) atoms. The van der Waals surface area contributed by atoms with E-state index in [9.17, 15) is 4.79 Å². The third-order valence-corrected chi connectivity index (χ3v) is 4.84. The van der Waals surface area contributed by atoms with Gasteiger partial charge in [-0.15, -0.1) is 0 Å². The summed E-state index contributed by atoms with van der Waals surface area (Å²) in [5.41, 5.74) is 1.20. The van der Waals surface area contributed by atoms with Crippen molar-refractivity contribution in [2.75, 3.05) is 20.6 Å². The molecule has 0 saturated carbocycles. The molecule has 118 valence electrons. The summed E-state index contributed by atoms with van der Waals surface area (Å²) in [6.45, 7) is 7.36. The second kappa shape index (κ2) is 6.90. The first kappa shape index (κ1) is 16.5. The van der Waals surface area contributed by atoms with Gasteiger partial charge in [0.25, 0.3) is 0 Å². The average Bonchev–Trinajstić information content (AvgIpc) is 3.03. The van der Waals surface area contributed by atoms with Crippen LogP contribution in [0.4, 0.5) is 0 Å². The van der Waals surface area contributed by atoms with Crippen LogP contribution in [-0.2, 0) is 4.79 Å². The van der Waals surface area contributed by atoms with Crippen molar-refractivity contribution >= 4 is 17.2 Å². The zero-order chi connectivity index (χ0) is 15.6. The van der Waals surface area contributed by atoms with Gasteiger partial charge in [-0.3, -0.25) is 10.1 Å². The van der Waals surface area contributed by atoms with E-state index in [4.69, 9.17) is 0 Å². The van der Waals surface area contributed by atoms with Crippen LogP contribution in [0.3, 0.4) is 0 Å². The maximum Gasteiger partial charge on any atom is 0.241 e. The molecular formula is C16H27N3OS. The van der Waals surface area contributed by atoms with Crippen molar-refractivity contribution in [2.45, 2.75) is 45.4 Å². The standard InChI is InChI=1S/C16H27N3OS/c1-6-13-16(20)19(14(11(2)3)9-18(4)5)15(17-13)12-7-8-21-10-12/h7-8,10-11,13-15,17H,6,9H2,1-5H3. The summed E-state index contributed by atoms with van der Waals surface area (Å²) < 4.78 is 0. The summed E-state index contributed by atoms with van der Waals surface area (Å²) in [6.07, 6.45) is 0.851. The van der Waals surface area contributed by atoms with E-state index in [2.05, 4.69) is 66.8 Å². The Labute approximate surface area is 132 Å². The van der Waals surface area contributed by atoms with Crippen molar-refractivity contribution in [1.82, 2.24) is 15.1 Å². The summed E-state index contributed by atoms with van der Waals surface area (Å²) in [6, 6.07) is 2.29. The zero-order valence-electron chi connectivity index (χ0n) is 13.7. The summed E-state index contributed by atoms with van der Waals surface area (Å²) in [5.74, 6) is 0.671. The Kier molecular flexibility index (Phi) is 5.41. The molecular weight excluding hydrogens is 282 g/mol. The fourth-order valence-corrected chi connectivity index (χ4v) is 3.66. The van der Waals surface area contributed by atoms with Crippen LogP contribution in [0, 0.1) is 5.92 Å². The summed E-state index contributed by atoms with van der Waals surface area (Å²) >= 11 is 1.68. The van der Waals surface area contributed by atoms with Gasteiger partial charge in [0.2, 0.25) is 5.91 Å². The smallest absolute Gasteiger partial charge is 0.241 e. The molecule has 0 spiro atoms. The molecule has 1 N–H and O–H groups in total. The van der Waals surface area contributed by atoms with E-state index in [1.54, 1.807) is 11.3 Å². The van der Waals surface area contributed by atoms with E-state index in [1.807, 2.05) is 0 Å². The number of carbonyl (C=O) groups is 1. The molecule has 1 fully saturated rings. The molecule has 1 amide bonds. The minimum Gasteiger partial charge on any atom is -0.317 e. The van der Waals surface area contributed by atoms with Crippen LogP contribution in [0.1, 0.15) is 38.9 Å². The van der Waals surface area contributed by atoms with Crippen molar-refractivity contribution in [3.05, 3.63) is 22.4 Å². The largest absolute Gasteiger partial charge is 0.317 e. The Morgan fingerprint density at radius 3 is 2.62 bits per heavy atom. The lowest BCUT2D eigenvalue weighted by Crippen LogP contribution is -2.48. The topological polar surface area (TPSA) is 35.6 Å². The highest BCUT2D eigenvalue weighted by Crippen LogP contribution is 2.32. The highest BCUT2D eigenvalue weighted by atomic mass is 32.1. The van der Waals surface area contributed by atoms with E-state index < -0.39 is 0 Å². The SMILES string of the molecule is CCC1NC(c2ccsc2)N(C(CN(C)C)C(C)C)C1=O. The first-order valence-corrected chi connectivity index (χ1v) is 8.65. The Hall–Kier alpha value is -0.910. The third-order valence-electron chi connectivity index (χ3n) is 4.14. The molecule has 3 atom stereocenters. The molecule has 2 heterocycles. The number of rotatable bonds is 6. The number of carbonyl (C=O) groups excluding carboxylic acids is 1. The van der Waals surface area contributed by atoms with Crippen LogP contribution >= 0.6 is 11.3 Å². The lowest BCUT2D eigenvalue weighted by atomic mass is 10.0. The highest BCUT2D eigenvalue weighted by molar-refractivity contribution is 7.07. The predicted molar refractivity (Wildman–Crippen MR) is 88.3 cm³/mol. The number of nitrogens with zero attached hydrogens (tertiary/aromatic N) is 2. The van der Waals surface area contributed by atoms with Crippen LogP contribution in [0.2, 0.25) is 0 Å². The molecule has 1 aliphatic heterocycles. The van der Waals surface area contributed by atoms with Gasteiger partial charge in [0.15, 0.2) is 0 Å². The molecule has 0 radical (unpaired) electrons. The first-order valence-electron chi connectivity index (χ1n) is 7.70. The maximum absolute atomic E-state index is 12.8. The normalized spacial score (nSPS) is 24.3. The maximum atomic E-state index is 12.8. The van der Waals surface area contributed by atoms with Gasteiger partial charge in [0, 0.05) is 12.6 Å². The lowest BCUT2D eigenvalue weighted by molar-refractivity contribution is -0.133. The van der Waals surface area contributed by atoms with Crippen molar-refractivity contribution in [2.24, 2.45) is 5.92 Å². The van der Waals surface area contributed by atoms with Crippen LogP contribution in [0.15, 0.2) is 16.8 Å². The fraction of sp³-hybridized carbons (Fsp3) is 0.688. The number of hydrogen-bond acceptors (Lipinski definition) is 4. The molecule has 3 unspecified atom stereocenters. The number of thiophene rings is 1. The summed E-state index contributed by atoms with van der Waals surface area (Å²) in [4.78, 5) is 17.1. The van der Waals surface area contributed by atoms with E-state index in [1.165, 1.54) is 5.56 Å². The lowest BCUT2D eigenvalue weighted by Gasteiger charge is -2.36. The number of nitrogens with one attached hydrogen (secondary N) is 1. The van der Waals surface area contributed by atoms with E-state index in [-0.39, 0.29) is 24.2 Å². The highest BCUT2D eigenvalue weighted by Gasteiger charge is 2.43. The molecule has 1 aliphatic rings. The Morgan fingerprint density at radius 2 is 2.14 bits per heavy atom. The minimum atomic E-state index is -0.0571. The third kappa shape index (κ3) is 3.47. The van der Waals surface area contributed by atoms with Gasteiger partial charge >= 0.3 is 0 Å². The Bertz CT molecular complexity index is 458. The second-order valence-corrected chi connectivity index (χ2v) is 7.19. The zero-order valence-corrected chi connectivity index (χ0v) is 14.5. The summed E-state index contributed by atoms with van der Waals surface area (Å²) in [7, 11) is 4.14. The van der Waals surface area contributed by atoms with Crippen molar-refractivity contribution in [1.29, 1.82) is 0 Å². The van der Waals surface area contributed by atoms with E-state index >= 15 is 0 Å². The Balaban J connectivity index is 2.32. The van der Waals surface area contributed by atoms with Crippen molar-refractivity contribution in [3.8, 4) is 0 Å². The quantitative estimate of drug-likeness (QED) is 0.877. The van der Waals surface area contributed by atoms with E-state index in [0.29, 0.717) is 5.92 Å². The molecule has 0 aromatic carbocycles. The van der Waals surface area contributed by atoms with Crippen LogP contribution in [-0.4, -0.2) is 48.4 Å². The van der Waals surface area contributed by atoms with Gasteiger partial charge in [-0.1, -0.05) is 20.8 Å². The molecule has 5 heteroatoms. The number of amides is 1. The van der Waals surface area contributed by atoms with Gasteiger partial charge in [-0.05, 0) is 48.8 Å². The van der Waals surface area contributed by atoms with Crippen LogP contribution in [0.5, 0.6) is 0 Å². The molecule has 0 aliphatic carbocycles. The first-order chi connectivity index (χ1) is 9.95. The van der Waals surface area contributed by atoms with Crippen LogP contribution < -0.4 is 5.32 Å². The van der Waals surface area contributed by atoms with E-state index in [0.717, 1.165) is 13.0 Å². The number of hydrogen-bond donors (Lipinski definition) is 1. The van der Waals surface area contributed by atoms with Gasteiger partial charge < -0.3 is 9.80 Å². The van der Waals surface area contributed by atoms with Gasteiger partial charge in [0.05, 0.1) is 6.04 Å². The Morgan fingerprint density at radius 1 is 1.43 bits per heavy atom.